The van der Waals surface area contributed by atoms with E-state index in [-0.39, 0.29) is 11.9 Å². The Morgan fingerprint density at radius 1 is 1.38 bits per heavy atom. The van der Waals surface area contributed by atoms with Crippen LogP contribution >= 0.6 is 11.3 Å². The summed E-state index contributed by atoms with van der Waals surface area (Å²) >= 11 is 1.74. The van der Waals surface area contributed by atoms with E-state index in [2.05, 4.69) is 47.0 Å². The molecule has 0 aliphatic heterocycles. The molecule has 5 heteroatoms. The van der Waals surface area contributed by atoms with Gasteiger partial charge in [-0.25, -0.2) is 0 Å². The van der Waals surface area contributed by atoms with E-state index in [4.69, 9.17) is 0 Å². The van der Waals surface area contributed by atoms with E-state index in [0.29, 0.717) is 18.2 Å². The molecule has 0 aromatic carbocycles. The number of hydrogen-bond acceptors (Lipinski definition) is 4. The number of carbonyl (C=O) groups excluding carboxylic acids is 1. The van der Waals surface area contributed by atoms with Gasteiger partial charge in [0.15, 0.2) is 0 Å². The highest BCUT2D eigenvalue weighted by molar-refractivity contribution is 7.10. The third-order valence-corrected chi connectivity index (χ3v) is 4.12. The monoisotopic (exact) mass is 303 g/mol. The van der Waals surface area contributed by atoms with Gasteiger partial charge in [-0.05, 0) is 36.4 Å². The Kier molecular flexibility index (Phi) is 5.33. The molecule has 2 N–H and O–H groups in total. The number of carbonyl (C=O) groups is 1. The van der Waals surface area contributed by atoms with Crippen LogP contribution in [0.5, 0.6) is 0 Å². The number of hydrogen-bond donors (Lipinski definition) is 2. The number of rotatable bonds is 6. The van der Waals surface area contributed by atoms with Gasteiger partial charge < -0.3 is 10.6 Å². The van der Waals surface area contributed by atoms with E-state index in [1.165, 1.54) is 4.88 Å². The van der Waals surface area contributed by atoms with E-state index in [9.17, 15) is 4.79 Å². The summed E-state index contributed by atoms with van der Waals surface area (Å²) in [5, 5.41) is 8.36. The number of aromatic nitrogens is 1. The fourth-order valence-corrected chi connectivity index (χ4v) is 3.06. The van der Waals surface area contributed by atoms with E-state index < -0.39 is 0 Å². The van der Waals surface area contributed by atoms with Crippen LogP contribution in [0.3, 0.4) is 0 Å². The van der Waals surface area contributed by atoms with Crippen molar-refractivity contribution in [2.75, 3.05) is 11.9 Å². The predicted molar refractivity (Wildman–Crippen MR) is 87.8 cm³/mol. The van der Waals surface area contributed by atoms with Crippen molar-refractivity contribution in [3.8, 4) is 0 Å². The minimum atomic E-state index is -0.140. The van der Waals surface area contributed by atoms with Crippen LogP contribution in [0.1, 0.15) is 42.2 Å². The van der Waals surface area contributed by atoms with Crippen LogP contribution < -0.4 is 10.6 Å². The van der Waals surface area contributed by atoms with Crippen molar-refractivity contribution in [3.63, 3.8) is 0 Å². The van der Waals surface area contributed by atoms with Gasteiger partial charge in [0.1, 0.15) is 5.69 Å². The van der Waals surface area contributed by atoms with Crippen molar-refractivity contribution in [3.05, 3.63) is 46.4 Å². The summed E-state index contributed by atoms with van der Waals surface area (Å²) in [7, 11) is 0. The fraction of sp³-hybridized carbons (Fsp3) is 0.375. The molecule has 0 radical (unpaired) electrons. The van der Waals surface area contributed by atoms with Crippen LogP contribution in [0.25, 0.3) is 0 Å². The second kappa shape index (κ2) is 7.22. The number of anilines is 1. The van der Waals surface area contributed by atoms with Crippen molar-refractivity contribution < 1.29 is 4.79 Å². The lowest BCUT2D eigenvalue weighted by Gasteiger charge is -2.22. The molecule has 0 aliphatic rings. The number of thiophene rings is 1. The molecule has 0 aliphatic carbocycles. The molecule has 2 rings (SSSR count). The highest BCUT2D eigenvalue weighted by atomic mass is 32.1. The maximum Gasteiger partial charge on any atom is 0.269 e. The number of amides is 1. The van der Waals surface area contributed by atoms with Crippen LogP contribution in [-0.2, 0) is 0 Å². The zero-order valence-electron chi connectivity index (χ0n) is 12.6. The van der Waals surface area contributed by atoms with E-state index in [1.54, 1.807) is 23.6 Å². The quantitative estimate of drug-likeness (QED) is 0.855. The predicted octanol–water partition coefficient (Wildman–Crippen LogP) is 3.70. The lowest BCUT2D eigenvalue weighted by Crippen LogP contribution is -2.24. The van der Waals surface area contributed by atoms with Crippen LogP contribution in [0, 0.1) is 5.92 Å². The smallest absolute Gasteiger partial charge is 0.269 e. The molecule has 0 saturated heterocycles. The van der Waals surface area contributed by atoms with Gasteiger partial charge in [0.25, 0.3) is 5.91 Å². The van der Waals surface area contributed by atoms with E-state index in [0.717, 1.165) is 5.69 Å². The third-order valence-electron chi connectivity index (χ3n) is 3.17. The molecule has 21 heavy (non-hydrogen) atoms. The molecule has 1 atom stereocenters. The van der Waals surface area contributed by atoms with Crippen molar-refractivity contribution >= 4 is 22.9 Å². The maximum atomic E-state index is 11.8. The molecular formula is C16H21N3OS. The van der Waals surface area contributed by atoms with Gasteiger partial charge in [-0.15, -0.1) is 11.3 Å². The topological polar surface area (TPSA) is 54.0 Å². The summed E-state index contributed by atoms with van der Waals surface area (Å²) in [6.45, 7) is 6.86. The van der Waals surface area contributed by atoms with Crippen LogP contribution in [0.2, 0.25) is 0 Å². The number of pyridine rings is 1. The van der Waals surface area contributed by atoms with Gasteiger partial charge in [-0.1, -0.05) is 19.9 Å². The summed E-state index contributed by atoms with van der Waals surface area (Å²) in [6.07, 6.45) is 1.67. The molecule has 112 valence electrons. The first-order valence-electron chi connectivity index (χ1n) is 7.16. The fourth-order valence-electron chi connectivity index (χ4n) is 2.11. The van der Waals surface area contributed by atoms with Crippen molar-refractivity contribution in [2.45, 2.75) is 26.8 Å². The summed E-state index contributed by atoms with van der Waals surface area (Å²) < 4.78 is 0. The van der Waals surface area contributed by atoms with Crippen molar-refractivity contribution in [1.82, 2.24) is 10.3 Å². The summed E-state index contributed by atoms with van der Waals surface area (Å²) in [5.41, 5.74) is 1.36. The molecular weight excluding hydrogens is 282 g/mol. The Bertz CT molecular complexity index is 581. The summed E-state index contributed by atoms with van der Waals surface area (Å²) in [6, 6.07) is 8.12. The molecule has 1 unspecified atom stereocenters. The molecule has 0 bridgehead atoms. The molecule has 1 amide bonds. The van der Waals surface area contributed by atoms with Gasteiger partial charge in [0.05, 0.1) is 6.04 Å². The first-order valence-corrected chi connectivity index (χ1v) is 8.04. The normalized spacial score (nSPS) is 12.2. The highest BCUT2D eigenvalue weighted by Crippen LogP contribution is 2.29. The maximum absolute atomic E-state index is 11.8. The molecule has 2 aromatic heterocycles. The van der Waals surface area contributed by atoms with Crippen molar-refractivity contribution in [2.24, 2.45) is 5.92 Å². The summed E-state index contributed by atoms with van der Waals surface area (Å²) in [5.74, 6) is 0.308. The van der Waals surface area contributed by atoms with Gasteiger partial charge in [0, 0.05) is 23.3 Å². The van der Waals surface area contributed by atoms with Gasteiger partial charge >= 0.3 is 0 Å². The highest BCUT2D eigenvalue weighted by Gasteiger charge is 2.17. The first kappa shape index (κ1) is 15.5. The zero-order valence-corrected chi connectivity index (χ0v) is 13.4. The molecule has 2 aromatic rings. The third kappa shape index (κ3) is 4.04. The second-order valence-electron chi connectivity index (χ2n) is 5.17. The Morgan fingerprint density at radius 3 is 2.81 bits per heavy atom. The van der Waals surface area contributed by atoms with Crippen LogP contribution in [0.15, 0.2) is 35.8 Å². The number of nitrogens with zero attached hydrogens (tertiary/aromatic N) is 1. The standard InChI is InChI=1S/C16H21N3OS/c1-4-17-16(20)13-10-12(7-8-18-13)19-15(11(2)3)14-6-5-9-21-14/h5-11,15H,4H2,1-3H3,(H,17,20)(H,18,19). The molecule has 2 heterocycles. The van der Waals surface area contributed by atoms with Gasteiger partial charge in [-0.2, -0.15) is 0 Å². The lowest BCUT2D eigenvalue weighted by atomic mass is 10.0. The Morgan fingerprint density at radius 2 is 2.19 bits per heavy atom. The average Bonchev–Trinajstić information content (AvgIpc) is 2.99. The number of nitrogens with one attached hydrogen (secondary N) is 2. The average molecular weight is 303 g/mol. The summed E-state index contributed by atoms with van der Waals surface area (Å²) in [4.78, 5) is 17.3. The Balaban J connectivity index is 2.18. The SMILES string of the molecule is CCNC(=O)c1cc(NC(c2cccs2)C(C)C)ccn1. The van der Waals surface area contributed by atoms with E-state index in [1.807, 2.05) is 13.0 Å². The lowest BCUT2D eigenvalue weighted by molar-refractivity contribution is 0.0951. The minimum Gasteiger partial charge on any atom is -0.377 e. The van der Waals surface area contributed by atoms with Crippen LogP contribution in [-0.4, -0.2) is 17.4 Å². The Labute approximate surface area is 129 Å². The minimum absolute atomic E-state index is 0.140. The van der Waals surface area contributed by atoms with E-state index >= 15 is 0 Å². The molecule has 0 fully saturated rings. The largest absolute Gasteiger partial charge is 0.377 e. The van der Waals surface area contributed by atoms with Gasteiger partial charge in [-0.3, -0.25) is 9.78 Å². The molecule has 4 nitrogen and oxygen atoms in total. The Hall–Kier alpha value is -1.88. The molecule has 0 saturated carbocycles. The van der Waals surface area contributed by atoms with Crippen molar-refractivity contribution in [1.29, 1.82) is 0 Å². The second-order valence-corrected chi connectivity index (χ2v) is 6.15. The van der Waals surface area contributed by atoms with Crippen LogP contribution in [0.4, 0.5) is 5.69 Å². The zero-order chi connectivity index (χ0) is 15.2. The first-order chi connectivity index (χ1) is 10.1. The molecule has 0 spiro atoms. The van der Waals surface area contributed by atoms with Gasteiger partial charge in [0.2, 0.25) is 0 Å².